The van der Waals surface area contributed by atoms with Crippen molar-refractivity contribution in [1.29, 1.82) is 0 Å². The number of rotatable bonds is 8. The standard InChI is InChI=1S/C13H20FNO4S/c1-3-10(6-7-16)9-15-20(17,18)11-4-5-13(19-2)12(14)8-11/h4-5,8,10,15-16H,3,6-7,9H2,1-2H3. The van der Waals surface area contributed by atoms with Crippen molar-refractivity contribution in [2.75, 3.05) is 20.3 Å². The summed E-state index contributed by atoms with van der Waals surface area (Å²) in [7, 11) is -2.45. The third-order valence-corrected chi connectivity index (χ3v) is 4.53. The van der Waals surface area contributed by atoms with Crippen molar-refractivity contribution < 1.29 is 22.7 Å². The van der Waals surface area contributed by atoms with E-state index in [9.17, 15) is 12.8 Å². The number of hydrogen-bond acceptors (Lipinski definition) is 4. The fourth-order valence-electron chi connectivity index (χ4n) is 1.76. The quantitative estimate of drug-likeness (QED) is 0.763. The van der Waals surface area contributed by atoms with E-state index in [1.807, 2.05) is 6.92 Å². The van der Waals surface area contributed by atoms with Crippen molar-refractivity contribution >= 4 is 10.0 Å². The highest BCUT2D eigenvalue weighted by Crippen LogP contribution is 2.20. The van der Waals surface area contributed by atoms with Crippen LogP contribution in [0.15, 0.2) is 23.1 Å². The van der Waals surface area contributed by atoms with Gasteiger partial charge in [-0.15, -0.1) is 0 Å². The molecule has 20 heavy (non-hydrogen) atoms. The average Bonchev–Trinajstić information content (AvgIpc) is 2.43. The van der Waals surface area contributed by atoms with E-state index in [0.29, 0.717) is 6.42 Å². The molecule has 0 aliphatic rings. The molecule has 0 fully saturated rings. The van der Waals surface area contributed by atoms with E-state index in [1.54, 1.807) is 0 Å². The van der Waals surface area contributed by atoms with Crippen molar-refractivity contribution in [3.63, 3.8) is 0 Å². The molecule has 0 heterocycles. The van der Waals surface area contributed by atoms with Crippen LogP contribution in [0.4, 0.5) is 4.39 Å². The molecule has 2 N–H and O–H groups in total. The van der Waals surface area contributed by atoms with Crippen molar-refractivity contribution in [1.82, 2.24) is 4.72 Å². The highest BCUT2D eigenvalue weighted by atomic mass is 32.2. The van der Waals surface area contributed by atoms with Gasteiger partial charge in [-0.2, -0.15) is 0 Å². The van der Waals surface area contributed by atoms with Crippen LogP contribution in [0.2, 0.25) is 0 Å². The average molecular weight is 305 g/mol. The Morgan fingerprint density at radius 1 is 1.45 bits per heavy atom. The molecule has 0 aliphatic carbocycles. The molecule has 0 saturated heterocycles. The SMILES string of the molecule is CCC(CCO)CNS(=O)(=O)c1ccc(OC)c(F)c1. The molecule has 1 aromatic carbocycles. The number of ether oxygens (including phenoxy) is 1. The highest BCUT2D eigenvalue weighted by Gasteiger charge is 2.18. The molecule has 0 bridgehead atoms. The lowest BCUT2D eigenvalue weighted by Crippen LogP contribution is -2.29. The summed E-state index contributed by atoms with van der Waals surface area (Å²) in [5, 5.41) is 8.87. The maximum atomic E-state index is 13.5. The zero-order valence-corrected chi connectivity index (χ0v) is 12.4. The molecule has 1 atom stereocenters. The Labute approximate surface area is 118 Å². The van der Waals surface area contributed by atoms with Crippen LogP contribution in [-0.2, 0) is 10.0 Å². The third-order valence-electron chi connectivity index (χ3n) is 3.11. The lowest BCUT2D eigenvalue weighted by molar-refractivity contribution is 0.254. The second-order valence-electron chi connectivity index (χ2n) is 4.43. The highest BCUT2D eigenvalue weighted by molar-refractivity contribution is 7.89. The molecular formula is C13H20FNO4S. The van der Waals surface area contributed by atoms with E-state index >= 15 is 0 Å². The van der Waals surface area contributed by atoms with Crippen molar-refractivity contribution in [2.45, 2.75) is 24.7 Å². The van der Waals surface area contributed by atoms with E-state index in [-0.39, 0.29) is 29.7 Å². The van der Waals surface area contributed by atoms with Gasteiger partial charge in [0.2, 0.25) is 10.0 Å². The molecule has 7 heteroatoms. The molecule has 1 aromatic rings. The molecule has 0 saturated carbocycles. The summed E-state index contributed by atoms with van der Waals surface area (Å²) in [6.45, 7) is 2.14. The first-order chi connectivity index (χ1) is 9.44. The lowest BCUT2D eigenvalue weighted by Gasteiger charge is -2.14. The van der Waals surface area contributed by atoms with Gasteiger partial charge in [-0.25, -0.2) is 17.5 Å². The van der Waals surface area contributed by atoms with Crippen LogP contribution < -0.4 is 9.46 Å². The summed E-state index contributed by atoms with van der Waals surface area (Å²) in [5.41, 5.74) is 0. The fourth-order valence-corrected chi connectivity index (χ4v) is 2.89. The first-order valence-corrected chi connectivity index (χ1v) is 7.87. The van der Waals surface area contributed by atoms with Gasteiger partial charge in [0.1, 0.15) is 0 Å². The van der Waals surface area contributed by atoms with Crippen LogP contribution in [0.1, 0.15) is 19.8 Å². The summed E-state index contributed by atoms with van der Waals surface area (Å²) >= 11 is 0. The first-order valence-electron chi connectivity index (χ1n) is 6.38. The van der Waals surface area contributed by atoms with E-state index in [1.165, 1.54) is 19.2 Å². The van der Waals surface area contributed by atoms with Gasteiger partial charge in [0, 0.05) is 13.2 Å². The van der Waals surface area contributed by atoms with E-state index in [2.05, 4.69) is 4.72 Å². The van der Waals surface area contributed by atoms with E-state index in [4.69, 9.17) is 9.84 Å². The predicted molar refractivity (Wildman–Crippen MR) is 73.6 cm³/mol. The summed E-state index contributed by atoms with van der Waals surface area (Å²) in [5.74, 6) is -0.675. The van der Waals surface area contributed by atoms with Gasteiger partial charge in [-0.05, 0) is 30.5 Å². The molecule has 1 rings (SSSR count). The Bertz CT molecular complexity index is 533. The minimum absolute atomic E-state index is 0.00401. The van der Waals surface area contributed by atoms with Crippen molar-refractivity contribution in [3.05, 3.63) is 24.0 Å². The number of aliphatic hydroxyl groups is 1. The monoisotopic (exact) mass is 305 g/mol. The number of hydrogen-bond donors (Lipinski definition) is 2. The Morgan fingerprint density at radius 3 is 2.65 bits per heavy atom. The van der Waals surface area contributed by atoms with Gasteiger partial charge in [0.15, 0.2) is 11.6 Å². The Hall–Kier alpha value is -1.18. The number of halogens is 1. The number of benzene rings is 1. The molecule has 5 nitrogen and oxygen atoms in total. The van der Waals surface area contributed by atoms with Gasteiger partial charge < -0.3 is 9.84 Å². The maximum absolute atomic E-state index is 13.5. The molecule has 0 amide bonds. The smallest absolute Gasteiger partial charge is 0.240 e. The molecule has 0 aromatic heterocycles. The summed E-state index contributed by atoms with van der Waals surface area (Å²) < 4.78 is 44.7. The third kappa shape index (κ3) is 4.43. The van der Waals surface area contributed by atoms with Gasteiger partial charge in [0.25, 0.3) is 0 Å². The van der Waals surface area contributed by atoms with E-state index in [0.717, 1.165) is 12.5 Å². The second kappa shape index (κ2) is 7.56. The number of sulfonamides is 1. The summed E-state index contributed by atoms with van der Waals surface area (Å²) in [6.07, 6.45) is 1.27. The lowest BCUT2D eigenvalue weighted by atomic mass is 10.0. The maximum Gasteiger partial charge on any atom is 0.240 e. The molecule has 0 spiro atoms. The van der Waals surface area contributed by atoms with Crippen LogP contribution in [0.5, 0.6) is 5.75 Å². The number of aliphatic hydroxyl groups excluding tert-OH is 1. The van der Waals surface area contributed by atoms with Gasteiger partial charge >= 0.3 is 0 Å². The van der Waals surface area contributed by atoms with Crippen molar-refractivity contribution in [3.8, 4) is 5.75 Å². The van der Waals surface area contributed by atoms with Crippen LogP contribution in [0.3, 0.4) is 0 Å². The van der Waals surface area contributed by atoms with Gasteiger partial charge in [-0.3, -0.25) is 0 Å². The summed E-state index contributed by atoms with van der Waals surface area (Å²) in [6, 6.07) is 3.49. The Balaban J connectivity index is 2.81. The topological polar surface area (TPSA) is 75.6 Å². The number of methoxy groups -OCH3 is 1. The van der Waals surface area contributed by atoms with Crippen LogP contribution in [0, 0.1) is 11.7 Å². The second-order valence-corrected chi connectivity index (χ2v) is 6.20. The zero-order valence-electron chi connectivity index (χ0n) is 11.6. The van der Waals surface area contributed by atoms with Crippen LogP contribution >= 0.6 is 0 Å². The molecule has 0 radical (unpaired) electrons. The predicted octanol–water partition coefficient (Wildman–Crippen LogP) is 1.52. The Kier molecular flexibility index (Phi) is 6.38. The minimum atomic E-state index is -3.76. The Morgan fingerprint density at radius 2 is 2.15 bits per heavy atom. The van der Waals surface area contributed by atoms with Gasteiger partial charge in [0.05, 0.1) is 12.0 Å². The minimum Gasteiger partial charge on any atom is -0.494 e. The fraction of sp³-hybridized carbons (Fsp3) is 0.538. The van der Waals surface area contributed by atoms with E-state index < -0.39 is 15.8 Å². The molecule has 0 aliphatic heterocycles. The van der Waals surface area contributed by atoms with Crippen LogP contribution in [-0.4, -0.2) is 33.8 Å². The zero-order chi connectivity index (χ0) is 15.2. The van der Waals surface area contributed by atoms with Crippen molar-refractivity contribution in [2.24, 2.45) is 5.92 Å². The first kappa shape index (κ1) is 16.9. The van der Waals surface area contributed by atoms with Gasteiger partial charge in [-0.1, -0.05) is 13.3 Å². The molecule has 114 valence electrons. The number of nitrogens with one attached hydrogen (secondary N) is 1. The molecular weight excluding hydrogens is 285 g/mol. The molecule has 1 unspecified atom stereocenters. The largest absolute Gasteiger partial charge is 0.494 e. The summed E-state index contributed by atoms with van der Waals surface area (Å²) in [4.78, 5) is -0.144. The van der Waals surface area contributed by atoms with Crippen LogP contribution in [0.25, 0.3) is 0 Å². The normalized spacial score (nSPS) is 13.2.